The minimum atomic E-state index is -0.189. The van der Waals surface area contributed by atoms with Crippen LogP contribution in [0.5, 0.6) is 0 Å². The van der Waals surface area contributed by atoms with Crippen molar-refractivity contribution in [1.82, 2.24) is 19.8 Å². The van der Waals surface area contributed by atoms with Crippen LogP contribution in [0.1, 0.15) is 19.6 Å². The predicted molar refractivity (Wildman–Crippen MR) is 112 cm³/mol. The first-order valence-electron chi connectivity index (χ1n) is 9.72. The third kappa shape index (κ3) is 4.08. The van der Waals surface area contributed by atoms with Gasteiger partial charge in [-0.05, 0) is 30.7 Å². The lowest BCUT2D eigenvalue weighted by atomic mass is 10.1. The molecule has 4 rings (SSSR count). The number of piperazine rings is 1. The van der Waals surface area contributed by atoms with Gasteiger partial charge in [0.05, 0.1) is 11.9 Å². The number of anilines is 1. The molecule has 0 saturated carbocycles. The highest BCUT2D eigenvalue weighted by atomic mass is 16.3. The fourth-order valence-electron chi connectivity index (χ4n) is 3.81. The molecule has 3 aromatic rings. The molecule has 1 saturated heterocycles. The number of carbonyl (C=O) groups excluding carboxylic acids is 1. The van der Waals surface area contributed by atoms with E-state index < -0.39 is 0 Å². The Morgan fingerprint density at radius 3 is 3.00 bits per heavy atom. The maximum absolute atomic E-state index is 12.7. The zero-order valence-electron chi connectivity index (χ0n) is 16.9. The van der Waals surface area contributed by atoms with E-state index in [2.05, 4.69) is 27.4 Å². The quantitative estimate of drug-likeness (QED) is 0.702. The Kier molecular flexibility index (Phi) is 5.21. The van der Waals surface area contributed by atoms with Crippen LogP contribution in [0, 0.1) is 0 Å². The van der Waals surface area contributed by atoms with Crippen LogP contribution in [0.25, 0.3) is 22.1 Å². The molecule has 29 heavy (non-hydrogen) atoms. The number of aryl methyl sites for hydroxylation is 1. The Labute approximate surface area is 168 Å². The molecule has 0 spiro atoms. The van der Waals surface area contributed by atoms with Gasteiger partial charge in [0.1, 0.15) is 17.2 Å². The SMILES string of the molecule is CC(=O)Nc1cc(-c2cn(C)c(=O)c3cc(CN4CCNC(C)C4)oc23)ccn1. The van der Waals surface area contributed by atoms with Crippen molar-refractivity contribution in [3.63, 3.8) is 0 Å². The van der Waals surface area contributed by atoms with Gasteiger partial charge in [0, 0.05) is 57.6 Å². The Bertz CT molecular complexity index is 1120. The van der Waals surface area contributed by atoms with E-state index in [-0.39, 0.29) is 11.5 Å². The number of pyridine rings is 2. The lowest BCUT2D eigenvalue weighted by Gasteiger charge is -2.30. The molecule has 4 heterocycles. The van der Waals surface area contributed by atoms with Crippen LogP contribution >= 0.6 is 0 Å². The van der Waals surface area contributed by atoms with Crippen LogP contribution in [0.3, 0.4) is 0 Å². The van der Waals surface area contributed by atoms with Crippen LogP contribution in [0.2, 0.25) is 0 Å². The second-order valence-corrected chi connectivity index (χ2v) is 7.62. The Morgan fingerprint density at radius 2 is 2.24 bits per heavy atom. The van der Waals surface area contributed by atoms with Crippen LogP contribution in [-0.2, 0) is 18.4 Å². The first-order chi connectivity index (χ1) is 13.9. The molecule has 0 bridgehead atoms. The summed E-state index contributed by atoms with van der Waals surface area (Å²) in [4.78, 5) is 30.6. The predicted octanol–water partition coefficient (Wildman–Crippen LogP) is 1.95. The molecular formula is C21H25N5O3. The Hall–Kier alpha value is -2.97. The van der Waals surface area contributed by atoms with Gasteiger partial charge in [0.15, 0.2) is 0 Å². The summed E-state index contributed by atoms with van der Waals surface area (Å²) < 4.78 is 7.72. The van der Waals surface area contributed by atoms with Crippen molar-refractivity contribution >= 4 is 22.7 Å². The Morgan fingerprint density at radius 1 is 1.41 bits per heavy atom. The smallest absolute Gasteiger partial charge is 0.261 e. The monoisotopic (exact) mass is 395 g/mol. The number of rotatable bonds is 4. The summed E-state index contributed by atoms with van der Waals surface area (Å²) in [6.07, 6.45) is 3.39. The molecule has 8 nitrogen and oxygen atoms in total. The summed E-state index contributed by atoms with van der Waals surface area (Å²) in [6.45, 7) is 7.08. The molecule has 1 fully saturated rings. The van der Waals surface area contributed by atoms with Gasteiger partial charge in [-0.2, -0.15) is 0 Å². The lowest BCUT2D eigenvalue weighted by Crippen LogP contribution is -2.48. The zero-order valence-corrected chi connectivity index (χ0v) is 16.9. The minimum absolute atomic E-state index is 0.0939. The van der Waals surface area contributed by atoms with Gasteiger partial charge in [-0.1, -0.05) is 0 Å². The fraction of sp³-hybridized carbons (Fsp3) is 0.381. The van der Waals surface area contributed by atoms with Crippen LogP contribution in [0.15, 0.2) is 39.8 Å². The Balaban J connectivity index is 1.75. The second kappa shape index (κ2) is 7.81. The van der Waals surface area contributed by atoms with E-state index in [4.69, 9.17) is 4.42 Å². The summed E-state index contributed by atoms with van der Waals surface area (Å²) in [7, 11) is 1.73. The number of nitrogens with zero attached hydrogens (tertiary/aromatic N) is 3. The maximum atomic E-state index is 12.7. The van der Waals surface area contributed by atoms with Crippen molar-refractivity contribution in [1.29, 1.82) is 0 Å². The molecule has 0 radical (unpaired) electrons. The van der Waals surface area contributed by atoms with E-state index in [1.165, 1.54) is 6.92 Å². The largest absolute Gasteiger partial charge is 0.459 e. The van der Waals surface area contributed by atoms with E-state index in [0.29, 0.717) is 29.4 Å². The summed E-state index contributed by atoms with van der Waals surface area (Å²) in [5.74, 6) is 1.04. The molecule has 1 aliphatic heterocycles. The van der Waals surface area contributed by atoms with E-state index in [0.717, 1.165) is 36.5 Å². The number of fused-ring (bicyclic) bond motifs is 1. The van der Waals surface area contributed by atoms with Gasteiger partial charge in [-0.25, -0.2) is 4.98 Å². The van der Waals surface area contributed by atoms with Crippen molar-refractivity contribution in [3.8, 4) is 11.1 Å². The molecule has 0 aromatic carbocycles. The summed E-state index contributed by atoms with van der Waals surface area (Å²) in [5.41, 5.74) is 2.08. The van der Waals surface area contributed by atoms with Crippen LogP contribution in [0.4, 0.5) is 5.82 Å². The van der Waals surface area contributed by atoms with Gasteiger partial charge in [-0.15, -0.1) is 0 Å². The van der Waals surface area contributed by atoms with Gasteiger partial charge in [0.2, 0.25) is 5.91 Å². The lowest BCUT2D eigenvalue weighted by molar-refractivity contribution is -0.114. The third-order valence-electron chi connectivity index (χ3n) is 5.11. The highest BCUT2D eigenvalue weighted by molar-refractivity contribution is 5.93. The number of furan rings is 1. The molecule has 0 aliphatic carbocycles. The number of amides is 1. The van der Waals surface area contributed by atoms with Crippen molar-refractivity contribution in [2.45, 2.75) is 26.4 Å². The number of hydrogen-bond acceptors (Lipinski definition) is 6. The van der Waals surface area contributed by atoms with Crippen LogP contribution < -0.4 is 16.2 Å². The first kappa shape index (κ1) is 19.4. The normalized spacial score (nSPS) is 17.6. The number of aromatic nitrogens is 2. The first-order valence-corrected chi connectivity index (χ1v) is 9.72. The van der Waals surface area contributed by atoms with Crippen molar-refractivity contribution in [2.24, 2.45) is 7.05 Å². The second-order valence-electron chi connectivity index (χ2n) is 7.62. The van der Waals surface area contributed by atoms with Crippen molar-refractivity contribution in [2.75, 3.05) is 25.0 Å². The molecule has 152 valence electrons. The number of hydrogen-bond donors (Lipinski definition) is 2. The minimum Gasteiger partial charge on any atom is -0.459 e. The molecule has 2 N–H and O–H groups in total. The van der Waals surface area contributed by atoms with Crippen LogP contribution in [-0.4, -0.2) is 46.0 Å². The summed E-state index contributed by atoms with van der Waals surface area (Å²) >= 11 is 0. The van der Waals surface area contributed by atoms with Crippen molar-refractivity contribution < 1.29 is 9.21 Å². The van der Waals surface area contributed by atoms with Gasteiger partial charge in [0.25, 0.3) is 5.56 Å². The average molecular weight is 395 g/mol. The van der Waals surface area contributed by atoms with E-state index in [1.807, 2.05) is 12.1 Å². The summed E-state index contributed by atoms with van der Waals surface area (Å²) in [5, 5.41) is 6.68. The average Bonchev–Trinajstić information content (AvgIpc) is 3.08. The van der Waals surface area contributed by atoms with Gasteiger partial charge < -0.3 is 19.6 Å². The topological polar surface area (TPSA) is 92.4 Å². The van der Waals surface area contributed by atoms with E-state index in [1.54, 1.807) is 30.1 Å². The molecule has 1 aliphatic rings. The molecule has 1 amide bonds. The molecule has 1 atom stereocenters. The van der Waals surface area contributed by atoms with E-state index in [9.17, 15) is 9.59 Å². The van der Waals surface area contributed by atoms with Gasteiger partial charge >= 0.3 is 0 Å². The third-order valence-corrected chi connectivity index (χ3v) is 5.11. The zero-order chi connectivity index (χ0) is 20.5. The van der Waals surface area contributed by atoms with Gasteiger partial charge in [-0.3, -0.25) is 14.5 Å². The number of carbonyl (C=O) groups is 1. The fourth-order valence-corrected chi connectivity index (χ4v) is 3.81. The molecular weight excluding hydrogens is 370 g/mol. The summed E-state index contributed by atoms with van der Waals surface area (Å²) in [6, 6.07) is 5.90. The highest BCUT2D eigenvalue weighted by Gasteiger charge is 2.20. The van der Waals surface area contributed by atoms with Crippen molar-refractivity contribution in [3.05, 3.63) is 46.7 Å². The maximum Gasteiger partial charge on any atom is 0.261 e. The molecule has 3 aromatic heterocycles. The standard InChI is InChI=1S/C21H25N5O3/c1-13-10-26(7-6-22-13)11-16-9-17-20(29-16)18(12-25(3)21(17)28)15-4-5-23-19(8-15)24-14(2)27/h4-5,8-9,12-13,22H,6-7,10-11H2,1-3H3,(H,23,24,27). The van der Waals surface area contributed by atoms with E-state index >= 15 is 0 Å². The molecule has 8 heteroatoms. The number of nitrogens with one attached hydrogen (secondary N) is 2. The highest BCUT2D eigenvalue weighted by Crippen LogP contribution is 2.30. The molecule has 1 unspecified atom stereocenters.